The molecule has 1 rings (SSSR count). The Hall–Kier alpha value is -0.570. The molecule has 0 radical (unpaired) electrons. The van der Waals surface area contributed by atoms with Crippen LogP contribution in [0.4, 0.5) is 0 Å². The van der Waals surface area contributed by atoms with Crippen molar-refractivity contribution in [2.24, 2.45) is 0 Å². The van der Waals surface area contributed by atoms with Crippen LogP contribution in [0, 0.1) is 0 Å². The van der Waals surface area contributed by atoms with Crippen LogP contribution >= 0.6 is 0 Å². The van der Waals surface area contributed by atoms with Crippen LogP contribution < -0.4 is 5.32 Å². The number of nitrogens with one attached hydrogen (secondary N) is 1. The monoisotopic (exact) mass is 157 g/mol. The van der Waals surface area contributed by atoms with E-state index in [1.807, 2.05) is 6.92 Å². The van der Waals surface area contributed by atoms with Gasteiger partial charge in [-0.25, -0.2) is 0 Å². The summed E-state index contributed by atoms with van der Waals surface area (Å²) in [6.07, 6.45) is 2.43. The molecule has 0 saturated carbocycles. The van der Waals surface area contributed by atoms with Gasteiger partial charge < -0.3 is 10.1 Å². The fourth-order valence-electron chi connectivity index (χ4n) is 1.41. The molecule has 11 heavy (non-hydrogen) atoms. The van der Waals surface area contributed by atoms with E-state index in [1.165, 1.54) is 6.92 Å². The topological polar surface area (TPSA) is 38.3 Å². The highest BCUT2D eigenvalue weighted by Gasteiger charge is 2.22. The molecule has 3 heteroatoms. The predicted molar refractivity (Wildman–Crippen MR) is 42.3 cm³/mol. The van der Waals surface area contributed by atoms with Crippen molar-refractivity contribution in [2.45, 2.75) is 38.8 Å². The molecular formula is C8H15NO2. The molecular weight excluding hydrogens is 142 g/mol. The van der Waals surface area contributed by atoms with E-state index in [-0.39, 0.29) is 18.1 Å². The molecule has 64 valence electrons. The third kappa shape index (κ3) is 2.50. The van der Waals surface area contributed by atoms with Crippen LogP contribution in [-0.2, 0) is 9.53 Å². The Morgan fingerprint density at radius 2 is 2.45 bits per heavy atom. The molecule has 1 amide bonds. The quantitative estimate of drug-likeness (QED) is 0.640. The maximum absolute atomic E-state index is 10.6. The molecule has 0 aromatic carbocycles. The Labute approximate surface area is 67.1 Å². The molecule has 0 aliphatic carbocycles. The van der Waals surface area contributed by atoms with Crippen LogP contribution in [0.5, 0.6) is 0 Å². The first kappa shape index (κ1) is 8.53. The molecule has 1 unspecified atom stereocenters. The lowest BCUT2D eigenvalue weighted by atomic mass is 10.1. The van der Waals surface area contributed by atoms with Crippen LogP contribution in [0.15, 0.2) is 0 Å². The number of hydrogen-bond acceptors (Lipinski definition) is 2. The summed E-state index contributed by atoms with van der Waals surface area (Å²) in [4.78, 5) is 10.6. The predicted octanol–water partition coefficient (Wildman–Crippen LogP) is 0.690. The van der Waals surface area contributed by atoms with E-state index in [9.17, 15) is 4.79 Å². The van der Waals surface area contributed by atoms with E-state index in [4.69, 9.17) is 4.74 Å². The van der Waals surface area contributed by atoms with Gasteiger partial charge in [-0.15, -0.1) is 0 Å². The maximum atomic E-state index is 10.6. The standard InChI is InChI=1S/C8H15NO2/c1-6(9-7(2)10)8-4-3-5-11-8/h6,8H,3-5H2,1-2H3,(H,9,10)/t6-,8?/m0/s1. The molecule has 0 bridgehead atoms. The van der Waals surface area contributed by atoms with Crippen LogP contribution in [0.2, 0.25) is 0 Å². The largest absolute Gasteiger partial charge is 0.376 e. The van der Waals surface area contributed by atoms with Crippen molar-refractivity contribution in [3.8, 4) is 0 Å². The second-order valence-corrected chi connectivity index (χ2v) is 3.04. The van der Waals surface area contributed by atoms with Crippen molar-refractivity contribution in [2.75, 3.05) is 6.61 Å². The molecule has 3 nitrogen and oxygen atoms in total. The van der Waals surface area contributed by atoms with E-state index in [2.05, 4.69) is 5.32 Å². The first-order chi connectivity index (χ1) is 5.20. The number of carbonyl (C=O) groups excluding carboxylic acids is 1. The van der Waals surface area contributed by atoms with Gasteiger partial charge in [0.2, 0.25) is 5.91 Å². The summed E-state index contributed by atoms with van der Waals surface area (Å²) >= 11 is 0. The van der Waals surface area contributed by atoms with E-state index in [1.54, 1.807) is 0 Å². The second-order valence-electron chi connectivity index (χ2n) is 3.04. The van der Waals surface area contributed by atoms with Gasteiger partial charge >= 0.3 is 0 Å². The highest BCUT2D eigenvalue weighted by atomic mass is 16.5. The third-order valence-corrected chi connectivity index (χ3v) is 1.95. The van der Waals surface area contributed by atoms with Crippen molar-refractivity contribution < 1.29 is 9.53 Å². The zero-order chi connectivity index (χ0) is 8.27. The van der Waals surface area contributed by atoms with Gasteiger partial charge in [-0.1, -0.05) is 0 Å². The average Bonchev–Trinajstić information content (AvgIpc) is 2.35. The van der Waals surface area contributed by atoms with Gasteiger partial charge in [-0.2, -0.15) is 0 Å². The lowest BCUT2D eigenvalue weighted by molar-refractivity contribution is -0.120. The molecule has 1 aliphatic rings. The summed E-state index contributed by atoms with van der Waals surface area (Å²) in [5.74, 6) is 0.0213. The molecule has 0 aromatic heterocycles. The summed E-state index contributed by atoms with van der Waals surface area (Å²) in [6.45, 7) is 4.36. The summed E-state index contributed by atoms with van der Waals surface area (Å²) < 4.78 is 5.40. The Balaban J connectivity index is 2.28. The second kappa shape index (κ2) is 3.72. The average molecular weight is 157 g/mol. The van der Waals surface area contributed by atoms with E-state index in [0.29, 0.717) is 0 Å². The van der Waals surface area contributed by atoms with Gasteiger partial charge in [0, 0.05) is 13.5 Å². The van der Waals surface area contributed by atoms with E-state index >= 15 is 0 Å². The fourth-order valence-corrected chi connectivity index (χ4v) is 1.41. The first-order valence-corrected chi connectivity index (χ1v) is 4.09. The molecule has 2 atom stereocenters. The van der Waals surface area contributed by atoms with Gasteiger partial charge in [0.1, 0.15) is 0 Å². The number of ether oxygens (including phenoxy) is 1. The number of amides is 1. The van der Waals surface area contributed by atoms with Crippen LogP contribution in [0.1, 0.15) is 26.7 Å². The van der Waals surface area contributed by atoms with Crippen molar-refractivity contribution in [3.63, 3.8) is 0 Å². The molecule has 1 saturated heterocycles. The number of carbonyl (C=O) groups is 1. The van der Waals surface area contributed by atoms with Crippen LogP contribution in [0.3, 0.4) is 0 Å². The molecule has 1 heterocycles. The summed E-state index contributed by atoms with van der Waals surface area (Å²) in [6, 6.07) is 0.162. The minimum absolute atomic E-state index is 0.0213. The SMILES string of the molecule is CC(=O)N[C@@H](C)C1CCCO1. The van der Waals surface area contributed by atoms with E-state index < -0.39 is 0 Å². The first-order valence-electron chi connectivity index (χ1n) is 4.09. The van der Waals surface area contributed by atoms with Gasteiger partial charge in [0.25, 0.3) is 0 Å². The highest BCUT2D eigenvalue weighted by molar-refractivity contribution is 5.73. The fraction of sp³-hybridized carbons (Fsp3) is 0.875. The third-order valence-electron chi connectivity index (χ3n) is 1.95. The summed E-state index contributed by atoms with van der Waals surface area (Å²) in [5.41, 5.74) is 0. The maximum Gasteiger partial charge on any atom is 0.217 e. The van der Waals surface area contributed by atoms with Gasteiger partial charge in [-0.3, -0.25) is 4.79 Å². The molecule has 1 fully saturated rings. The lowest BCUT2D eigenvalue weighted by Gasteiger charge is -2.18. The van der Waals surface area contributed by atoms with Gasteiger partial charge in [-0.05, 0) is 19.8 Å². The van der Waals surface area contributed by atoms with Crippen molar-refractivity contribution in [3.05, 3.63) is 0 Å². The Morgan fingerprint density at radius 1 is 1.73 bits per heavy atom. The summed E-state index contributed by atoms with van der Waals surface area (Å²) in [7, 11) is 0. The normalized spacial score (nSPS) is 26.5. The zero-order valence-corrected chi connectivity index (χ0v) is 7.09. The van der Waals surface area contributed by atoms with E-state index in [0.717, 1.165) is 19.4 Å². The Bertz CT molecular complexity index is 141. The molecule has 0 spiro atoms. The molecule has 1 aliphatic heterocycles. The molecule has 1 N–H and O–H groups in total. The Kier molecular flexibility index (Phi) is 2.88. The highest BCUT2D eigenvalue weighted by Crippen LogP contribution is 2.14. The Morgan fingerprint density at radius 3 is 2.91 bits per heavy atom. The summed E-state index contributed by atoms with van der Waals surface area (Å²) in [5, 5.41) is 2.82. The van der Waals surface area contributed by atoms with Gasteiger partial charge in [0.15, 0.2) is 0 Å². The van der Waals surface area contributed by atoms with Crippen LogP contribution in [-0.4, -0.2) is 24.7 Å². The number of rotatable bonds is 2. The minimum atomic E-state index is 0.0213. The minimum Gasteiger partial charge on any atom is -0.376 e. The van der Waals surface area contributed by atoms with Crippen LogP contribution in [0.25, 0.3) is 0 Å². The van der Waals surface area contributed by atoms with Crippen molar-refractivity contribution in [1.29, 1.82) is 0 Å². The lowest BCUT2D eigenvalue weighted by Crippen LogP contribution is -2.39. The van der Waals surface area contributed by atoms with Gasteiger partial charge in [0.05, 0.1) is 12.1 Å². The van der Waals surface area contributed by atoms with Crippen molar-refractivity contribution in [1.82, 2.24) is 5.32 Å². The van der Waals surface area contributed by atoms with Crippen molar-refractivity contribution >= 4 is 5.91 Å². The zero-order valence-electron chi connectivity index (χ0n) is 7.09. The smallest absolute Gasteiger partial charge is 0.217 e. The molecule has 0 aromatic rings. The number of hydrogen-bond donors (Lipinski definition) is 1.